The third-order valence-electron chi connectivity index (χ3n) is 1.41. The van der Waals surface area contributed by atoms with Gasteiger partial charge in [-0.25, -0.2) is 4.39 Å². The average Bonchev–Trinajstić information content (AvgIpc) is 2.07. The number of hydrogen-bond donors (Lipinski definition) is 2. The lowest BCUT2D eigenvalue weighted by molar-refractivity contribution is -0.113. The van der Waals surface area contributed by atoms with Crippen molar-refractivity contribution in [2.45, 2.75) is 0 Å². The van der Waals surface area contributed by atoms with Crippen LogP contribution in [0.5, 0.6) is 5.75 Å². The van der Waals surface area contributed by atoms with Gasteiger partial charge in [-0.2, -0.15) is 0 Å². The zero-order valence-corrected chi connectivity index (χ0v) is 6.70. The minimum atomic E-state index is -0.730. The highest BCUT2D eigenvalue weighted by atomic mass is 19.1. The van der Waals surface area contributed by atoms with Gasteiger partial charge in [0.2, 0.25) is 5.91 Å². The zero-order chi connectivity index (χ0) is 9.84. The van der Waals surface area contributed by atoms with Crippen LogP contribution >= 0.6 is 0 Å². The Bertz CT molecular complexity index is 361. The molecule has 1 rings (SSSR count). The second-order valence-corrected chi connectivity index (χ2v) is 2.45. The van der Waals surface area contributed by atoms with E-state index in [9.17, 15) is 9.18 Å². The first-order chi connectivity index (χ1) is 6.09. The summed E-state index contributed by atoms with van der Waals surface area (Å²) < 4.78 is 12.7. The molecule has 0 spiro atoms. The Labute approximate surface area is 74.3 Å². The normalized spacial score (nSPS) is 10.5. The molecule has 0 aliphatic rings. The van der Waals surface area contributed by atoms with E-state index in [1.54, 1.807) is 0 Å². The van der Waals surface area contributed by atoms with E-state index in [2.05, 4.69) is 0 Å². The minimum absolute atomic E-state index is 0.420. The van der Waals surface area contributed by atoms with E-state index in [0.29, 0.717) is 5.56 Å². The fraction of sp³-hybridized carbons (Fsp3) is 0. The van der Waals surface area contributed by atoms with E-state index >= 15 is 0 Å². The summed E-state index contributed by atoms with van der Waals surface area (Å²) in [5, 5.41) is 8.83. The molecule has 0 fully saturated rings. The van der Waals surface area contributed by atoms with E-state index in [-0.39, 0.29) is 0 Å². The van der Waals surface area contributed by atoms with Crippen molar-refractivity contribution >= 4 is 12.0 Å². The molecule has 3 N–H and O–H groups in total. The quantitative estimate of drug-likeness (QED) is 0.669. The molecule has 68 valence electrons. The molecule has 0 aliphatic carbocycles. The van der Waals surface area contributed by atoms with Crippen molar-refractivity contribution in [3.63, 3.8) is 0 Å². The summed E-state index contributed by atoms with van der Waals surface area (Å²) in [5.41, 5.74) is 5.31. The van der Waals surface area contributed by atoms with Crippen molar-refractivity contribution < 1.29 is 14.3 Å². The Morgan fingerprint density at radius 3 is 2.77 bits per heavy atom. The molecule has 0 saturated carbocycles. The lowest BCUT2D eigenvalue weighted by Gasteiger charge is -1.95. The maximum atomic E-state index is 12.7. The molecule has 0 radical (unpaired) electrons. The minimum Gasteiger partial charge on any atom is -0.505 e. The number of hydrogen-bond acceptors (Lipinski definition) is 2. The summed E-state index contributed by atoms with van der Waals surface area (Å²) in [7, 11) is 0. The number of rotatable bonds is 2. The van der Waals surface area contributed by atoms with Gasteiger partial charge in [0, 0.05) is 6.08 Å². The van der Waals surface area contributed by atoms with E-state index in [1.807, 2.05) is 0 Å². The molecular formula is C9H8FNO2. The Balaban J connectivity index is 2.92. The molecule has 3 nitrogen and oxygen atoms in total. The highest BCUT2D eigenvalue weighted by molar-refractivity contribution is 5.90. The molecule has 4 heteroatoms. The van der Waals surface area contributed by atoms with Crippen molar-refractivity contribution in [3.8, 4) is 5.75 Å². The fourth-order valence-corrected chi connectivity index (χ4v) is 0.805. The van der Waals surface area contributed by atoms with E-state index in [4.69, 9.17) is 10.8 Å². The number of phenolic OH excluding ortho intramolecular Hbond substituents is 1. The topological polar surface area (TPSA) is 63.3 Å². The Hall–Kier alpha value is -1.84. The van der Waals surface area contributed by atoms with Crippen LogP contribution in [-0.4, -0.2) is 11.0 Å². The van der Waals surface area contributed by atoms with E-state index < -0.39 is 17.5 Å². The average molecular weight is 181 g/mol. The van der Waals surface area contributed by atoms with Crippen LogP contribution in [0.4, 0.5) is 4.39 Å². The lowest BCUT2D eigenvalue weighted by atomic mass is 10.2. The van der Waals surface area contributed by atoms with Gasteiger partial charge >= 0.3 is 0 Å². The van der Waals surface area contributed by atoms with Crippen molar-refractivity contribution in [1.82, 2.24) is 0 Å². The first kappa shape index (κ1) is 9.25. The number of phenols is 1. The number of halogens is 1. The number of primary amides is 1. The third kappa shape index (κ3) is 2.59. The summed E-state index contributed by atoms with van der Waals surface area (Å²) in [6.07, 6.45) is 2.48. The molecule has 0 aromatic heterocycles. The lowest BCUT2D eigenvalue weighted by Crippen LogP contribution is -2.05. The molecule has 0 unspecified atom stereocenters. The van der Waals surface area contributed by atoms with Gasteiger partial charge in [0.1, 0.15) is 0 Å². The van der Waals surface area contributed by atoms with Crippen LogP contribution in [0.1, 0.15) is 5.56 Å². The van der Waals surface area contributed by atoms with Crippen LogP contribution in [-0.2, 0) is 4.79 Å². The molecule has 1 aromatic carbocycles. The van der Waals surface area contributed by atoms with Gasteiger partial charge in [-0.15, -0.1) is 0 Å². The first-order valence-corrected chi connectivity index (χ1v) is 3.55. The summed E-state index contributed by atoms with van der Waals surface area (Å²) in [5.74, 6) is -1.75. The fourth-order valence-electron chi connectivity index (χ4n) is 0.805. The van der Waals surface area contributed by atoms with Crippen LogP contribution in [0.15, 0.2) is 24.3 Å². The van der Waals surface area contributed by atoms with Gasteiger partial charge in [-0.1, -0.05) is 6.07 Å². The maximum Gasteiger partial charge on any atom is 0.241 e. The second kappa shape index (κ2) is 3.71. The second-order valence-electron chi connectivity index (χ2n) is 2.45. The van der Waals surface area contributed by atoms with Gasteiger partial charge in [0.25, 0.3) is 0 Å². The van der Waals surface area contributed by atoms with Gasteiger partial charge in [0.15, 0.2) is 11.6 Å². The standard InChI is InChI=1S/C9H8FNO2/c10-7-5-6(1-3-8(7)12)2-4-9(11)13/h1-5,12H,(H2,11,13). The van der Waals surface area contributed by atoms with Crippen LogP contribution < -0.4 is 5.73 Å². The summed E-state index contributed by atoms with van der Waals surface area (Å²) in [6, 6.07) is 3.78. The van der Waals surface area contributed by atoms with Crippen molar-refractivity contribution in [3.05, 3.63) is 35.7 Å². The Morgan fingerprint density at radius 1 is 1.54 bits per heavy atom. The van der Waals surface area contributed by atoms with Gasteiger partial charge in [-0.05, 0) is 23.8 Å². The monoisotopic (exact) mass is 181 g/mol. The predicted octanol–water partition coefficient (Wildman–Crippen LogP) is 1.03. The highest BCUT2D eigenvalue weighted by Gasteiger charge is 1.98. The summed E-state index contributed by atoms with van der Waals surface area (Å²) >= 11 is 0. The smallest absolute Gasteiger partial charge is 0.241 e. The van der Waals surface area contributed by atoms with E-state index in [0.717, 1.165) is 12.1 Å². The van der Waals surface area contributed by atoms with Gasteiger partial charge in [-0.3, -0.25) is 4.79 Å². The SMILES string of the molecule is NC(=O)C=Cc1ccc(O)c(F)c1. The molecule has 0 aliphatic heterocycles. The van der Waals surface area contributed by atoms with Crippen molar-refractivity contribution in [2.24, 2.45) is 5.73 Å². The number of nitrogens with two attached hydrogens (primary N) is 1. The molecule has 13 heavy (non-hydrogen) atoms. The van der Waals surface area contributed by atoms with Crippen LogP contribution in [0, 0.1) is 5.82 Å². The molecular weight excluding hydrogens is 173 g/mol. The summed E-state index contributed by atoms with van der Waals surface area (Å²) in [4.78, 5) is 10.3. The Kier molecular flexibility index (Phi) is 2.64. The van der Waals surface area contributed by atoms with Gasteiger partial charge < -0.3 is 10.8 Å². The molecule has 1 amide bonds. The number of benzene rings is 1. The van der Waals surface area contributed by atoms with Crippen LogP contribution in [0.25, 0.3) is 6.08 Å². The largest absolute Gasteiger partial charge is 0.505 e. The van der Waals surface area contributed by atoms with Gasteiger partial charge in [0.05, 0.1) is 0 Å². The highest BCUT2D eigenvalue weighted by Crippen LogP contribution is 2.16. The molecule has 0 saturated heterocycles. The number of carbonyl (C=O) groups is 1. The number of amides is 1. The molecule has 0 heterocycles. The number of aromatic hydroxyl groups is 1. The van der Waals surface area contributed by atoms with Crippen molar-refractivity contribution in [1.29, 1.82) is 0 Å². The number of carbonyl (C=O) groups excluding carboxylic acids is 1. The maximum absolute atomic E-state index is 12.7. The molecule has 1 aromatic rings. The Morgan fingerprint density at radius 2 is 2.23 bits per heavy atom. The first-order valence-electron chi connectivity index (χ1n) is 3.55. The zero-order valence-electron chi connectivity index (χ0n) is 6.70. The van der Waals surface area contributed by atoms with Crippen LogP contribution in [0.2, 0.25) is 0 Å². The predicted molar refractivity (Wildman–Crippen MR) is 46.3 cm³/mol. The third-order valence-corrected chi connectivity index (χ3v) is 1.41. The summed E-state index contributed by atoms with van der Waals surface area (Å²) in [6.45, 7) is 0. The molecule has 0 atom stereocenters. The van der Waals surface area contributed by atoms with E-state index in [1.165, 1.54) is 18.2 Å². The van der Waals surface area contributed by atoms with Crippen molar-refractivity contribution in [2.75, 3.05) is 0 Å². The molecule has 0 bridgehead atoms. The van der Waals surface area contributed by atoms with Crippen LogP contribution in [0.3, 0.4) is 0 Å².